The molecule has 0 aliphatic heterocycles. The highest BCUT2D eigenvalue weighted by Gasteiger charge is 2.23. The first-order chi connectivity index (χ1) is 24.7. The van der Waals surface area contributed by atoms with Crippen LogP contribution in [0.5, 0.6) is 0 Å². The molecule has 2 atom stereocenters. The van der Waals surface area contributed by atoms with E-state index < -0.39 is 45.2 Å². The normalized spacial score (nSPS) is 14.2. The zero-order valence-electron chi connectivity index (χ0n) is 31.1. The number of phosphoric ester groups is 1. The molecule has 0 aromatic rings. The summed E-state index contributed by atoms with van der Waals surface area (Å²) in [5.74, 6) is -1.15. The molecule has 0 rings (SSSR count). The van der Waals surface area contributed by atoms with Crippen molar-refractivity contribution < 1.29 is 43.0 Å². The molecule has 0 aromatic carbocycles. The van der Waals surface area contributed by atoms with Crippen LogP contribution in [-0.2, 0) is 28.2 Å². The number of carbonyl (C=O) groups excluding carboxylic acids is 2. The lowest BCUT2D eigenvalue weighted by molar-refractivity contribution is -0.161. The van der Waals surface area contributed by atoms with Gasteiger partial charge in [-0.25, -0.2) is 4.57 Å². The van der Waals surface area contributed by atoms with Gasteiger partial charge in [-0.15, -0.1) is 0 Å². The standard InChI is InChI=1S/C41H65O9P/c1-3-5-7-9-11-13-15-17-18-20-22-24-26-28-30-34-41(44)50-39(37-49-51(45,46)47)36-48-40(43)35-31-33-38(42)32-29-27-25-23-21-19-16-14-12-10-8-6-4-2/h5,7,11-14,17-19,21-22,24-25,27,29,32,38-39,42H,3-4,6,8-10,15-16,20,23,26,28,30-31,33-37H2,1-2H3,(H2,45,46,47)/b7-5-,13-11-,14-12-,18-17-,21-19-,24-22-,27-25-,32-29+/t38-,39-/m1/s1. The molecular formula is C41H65O9P. The zero-order chi connectivity index (χ0) is 37.7. The van der Waals surface area contributed by atoms with Gasteiger partial charge in [0.15, 0.2) is 6.10 Å². The third-order valence-corrected chi connectivity index (χ3v) is 7.68. The van der Waals surface area contributed by atoms with Gasteiger partial charge in [0.05, 0.1) is 12.7 Å². The maximum atomic E-state index is 12.3. The van der Waals surface area contributed by atoms with Crippen molar-refractivity contribution in [2.45, 2.75) is 135 Å². The van der Waals surface area contributed by atoms with Gasteiger partial charge in [0.2, 0.25) is 0 Å². The van der Waals surface area contributed by atoms with Crippen LogP contribution in [-0.4, -0.2) is 52.3 Å². The molecule has 0 fully saturated rings. The van der Waals surface area contributed by atoms with Crippen molar-refractivity contribution in [3.63, 3.8) is 0 Å². The molecule has 0 saturated carbocycles. The summed E-state index contributed by atoms with van der Waals surface area (Å²) in [7, 11) is -4.81. The van der Waals surface area contributed by atoms with Gasteiger partial charge in [-0.1, -0.05) is 124 Å². The van der Waals surface area contributed by atoms with E-state index in [2.05, 4.69) is 91.3 Å². The number of allylic oxidation sites excluding steroid dienone is 15. The molecule has 0 aliphatic carbocycles. The molecule has 10 heteroatoms. The van der Waals surface area contributed by atoms with Crippen LogP contribution in [0.15, 0.2) is 97.2 Å². The lowest BCUT2D eigenvalue weighted by Gasteiger charge is -2.18. The van der Waals surface area contributed by atoms with Crippen LogP contribution in [0.25, 0.3) is 0 Å². The maximum Gasteiger partial charge on any atom is 0.469 e. The average Bonchev–Trinajstić information content (AvgIpc) is 3.09. The van der Waals surface area contributed by atoms with E-state index in [9.17, 15) is 19.3 Å². The Bertz CT molecular complexity index is 1160. The molecule has 0 aliphatic rings. The van der Waals surface area contributed by atoms with Crippen LogP contribution in [0.1, 0.15) is 123 Å². The maximum absolute atomic E-state index is 12.3. The van der Waals surface area contributed by atoms with Gasteiger partial charge in [0.25, 0.3) is 0 Å². The van der Waals surface area contributed by atoms with Gasteiger partial charge in [-0.3, -0.25) is 14.1 Å². The minimum atomic E-state index is -4.81. The van der Waals surface area contributed by atoms with Crippen molar-refractivity contribution >= 4 is 19.8 Å². The number of phosphoric acid groups is 1. The Morgan fingerprint density at radius 3 is 1.73 bits per heavy atom. The van der Waals surface area contributed by atoms with Gasteiger partial charge in [0, 0.05) is 12.8 Å². The Labute approximate surface area is 307 Å². The second-order valence-electron chi connectivity index (χ2n) is 12.0. The Morgan fingerprint density at radius 2 is 1.16 bits per heavy atom. The molecule has 0 radical (unpaired) electrons. The second kappa shape index (κ2) is 35.3. The van der Waals surface area contributed by atoms with Gasteiger partial charge in [-0.2, -0.15) is 0 Å². The Kier molecular flexibility index (Phi) is 33.2. The monoisotopic (exact) mass is 732 g/mol. The van der Waals surface area contributed by atoms with Gasteiger partial charge >= 0.3 is 19.8 Å². The van der Waals surface area contributed by atoms with Crippen molar-refractivity contribution in [1.29, 1.82) is 0 Å². The lowest BCUT2D eigenvalue weighted by Crippen LogP contribution is -2.29. The topological polar surface area (TPSA) is 140 Å². The van der Waals surface area contributed by atoms with Crippen molar-refractivity contribution in [2.24, 2.45) is 0 Å². The second-order valence-corrected chi connectivity index (χ2v) is 13.2. The molecule has 288 valence electrons. The van der Waals surface area contributed by atoms with Crippen LogP contribution in [0, 0.1) is 0 Å². The molecular weight excluding hydrogens is 667 g/mol. The number of ether oxygens (including phenoxy) is 2. The first-order valence-corrected chi connectivity index (χ1v) is 20.2. The lowest BCUT2D eigenvalue weighted by atomic mass is 10.1. The molecule has 0 amide bonds. The van der Waals surface area contributed by atoms with E-state index in [-0.39, 0.29) is 12.8 Å². The van der Waals surface area contributed by atoms with E-state index in [0.717, 1.165) is 57.8 Å². The number of carbonyl (C=O) groups is 2. The fraction of sp³-hybridized carbons (Fsp3) is 0.561. The number of hydrogen-bond donors (Lipinski definition) is 3. The Balaban J connectivity index is 4.28. The predicted molar refractivity (Wildman–Crippen MR) is 208 cm³/mol. The molecule has 0 heterocycles. The Hall–Kier alpha value is -3.07. The number of unbranched alkanes of at least 4 members (excludes halogenated alkanes) is 5. The van der Waals surface area contributed by atoms with E-state index >= 15 is 0 Å². The van der Waals surface area contributed by atoms with Crippen LogP contribution < -0.4 is 0 Å². The first-order valence-electron chi connectivity index (χ1n) is 18.6. The molecule has 0 saturated heterocycles. The van der Waals surface area contributed by atoms with Crippen molar-refractivity contribution in [3.8, 4) is 0 Å². The van der Waals surface area contributed by atoms with E-state index in [1.165, 1.54) is 19.3 Å². The van der Waals surface area contributed by atoms with Gasteiger partial charge in [0.1, 0.15) is 6.61 Å². The fourth-order valence-corrected chi connectivity index (χ4v) is 4.77. The fourth-order valence-electron chi connectivity index (χ4n) is 4.41. The largest absolute Gasteiger partial charge is 0.469 e. The van der Waals surface area contributed by atoms with E-state index in [1.807, 2.05) is 12.2 Å². The van der Waals surface area contributed by atoms with Crippen LogP contribution in [0.4, 0.5) is 0 Å². The third-order valence-electron chi connectivity index (χ3n) is 7.19. The van der Waals surface area contributed by atoms with Gasteiger partial charge < -0.3 is 24.4 Å². The Morgan fingerprint density at radius 1 is 0.627 bits per heavy atom. The first kappa shape index (κ1) is 47.9. The summed E-state index contributed by atoms with van der Waals surface area (Å²) in [4.78, 5) is 42.7. The number of aliphatic hydroxyl groups excluding tert-OH is 1. The summed E-state index contributed by atoms with van der Waals surface area (Å²) >= 11 is 0. The summed E-state index contributed by atoms with van der Waals surface area (Å²) in [6, 6.07) is 0. The molecule has 0 unspecified atom stereocenters. The molecule has 9 nitrogen and oxygen atoms in total. The summed E-state index contributed by atoms with van der Waals surface area (Å²) in [6.45, 7) is 3.30. The van der Waals surface area contributed by atoms with Crippen LogP contribution in [0.2, 0.25) is 0 Å². The van der Waals surface area contributed by atoms with E-state index in [1.54, 1.807) is 12.2 Å². The predicted octanol–water partition coefficient (Wildman–Crippen LogP) is 10.0. The number of hydrogen-bond acceptors (Lipinski definition) is 7. The highest BCUT2D eigenvalue weighted by atomic mass is 31.2. The summed E-state index contributed by atoms with van der Waals surface area (Å²) < 4.78 is 26.1. The van der Waals surface area contributed by atoms with Gasteiger partial charge in [-0.05, 0) is 83.5 Å². The van der Waals surface area contributed by atoms with Crippen molar-refractivity contribution in [3.05, 3.63) is 97.2 Å². The summed E-state index contributed by atoms with van der Waals surface area (Å²) in [5.41, 5.74) is 0. The van der Waals surface area contributed by atoms with Crippen molar-refractivity contribution in [1.82, 2.24) is 0 Å². The number of esters is 2. The zero-order valence-corrected chi connectivity index (χ0v) is 32.0. The average molecular weight is 733 g/mol. The quantitative estimate of drug-likeness (QED) is 0.0203. The summed E-state index contributed by atoms with van der Waals surface area (Å²) in [5, 5.41) is 10.2. The SMILES string of the molecule is CC/C=C\C/C=C\C/C=C\C/C=C\CCCCC(=O)O[C@H](COC(=O)CCC[C@H](O)/C=C/C=C\C/C=C\C/C=C\CCCCC)COP(=O)(O)O. The highest BCUT2D eigenvalue weighted by molar-refractivity contribution is 7.46. The van der Waals surface area contributed by atoms with E-state index in [4.69, 9.17) is 19.3 Å². The van der Waals surface area contributed by atoms with E-state index in [0.29, 0.717) is 19.3 Å². The number of aliphatic hydroxyl groups is 1. The molecule has 0 aromatic heterocycles. The molecule has 0 bridgehead atoms. The molecule has 51 heavy (non-hydrogen) atoms. The smallest absolute Gasteiger partial charge is 0.462 e. The molecule has 3 N–H and O–H groups in total. The highest BCUT2D eigenvalue weighted by Crippen LogP contribution is 2.35. The number of rotatable bonds is 32. The molecule has 0 spiro atoms. The third kappa shape index (κ3) is 38.0. The summed E-state index contributed by atoms with van der Waals surface area (Å²) in [6.07, 6.45) is 44.5. The minimum absolute atomic E-state index is 0.0237. The van der Waals surface area contributed by atoms with Crippen LogP contribution in [0.3, 0.4) is 0 Å². The van der Waals surface area contributed by atoms with Crippen LogP contribution >= 0.6 is 7.82 Å². The minimum Gasteiger partial charge on any atom is -0.462 e. The van der Waals surface area contributed by atoms with Crippen molar-refractivity contribution in [2.75, 3.05) is 13.2 Å².